The second-order valence-corrected chi connectivity index (χ2v) is 8.03. The average molecular weight is 338 g/mol. The number of hydrogen-bond donors (Lipinski definition) is 2. The zero-order chi connectivity index (χ0) is 14.9. The SMILES string of the molecule is CNCc1sc2ccccc2c1S(=O)(=O)Nc1ccsc1. The lowest BCUT2D eigenvalue weighted by Crippen LogP contribution is -2.15. The van der Waals surface area contributed by atoms with Crippen LogP contribution < -0.4 is 10.0 Å². The monoisotopic (exact) mass is 338 g/mol. The molecule has 21 heavy (non-hydrogen) atoms. The van der Waals surface area contributed by atoms with Crippen LogP contribution in [0.3, 0.4) is 0 Å². The van der Waals surface area contributed by atoms with Crippen LogP contribution in [0, 0.1) is 0 Å². The van der Waals surface area contributed by atoms with Crippen molar-refractivity contribution in [3.63, 3.8) is 0 Å². The van der Waals surface area contributed by atoms with E-state index in [0.29, 0.717) is 17.1 Å². The van der Waals surface area contributed by atoms with Gasteiger partial charge in [-0.25, -0.2) is 8.42 Å². The number of sulfonamides is 1. The fraction of sp³-hybridized carbons (Fsp3) is 0.143. The molecule has 3 rings (SSSR count). The van der Waals surface area contributed by atoms with E-state index in [1.807, 2.05) is 36.7 Å². The number of anilines is 1. The van der Waals surface area contributed by atoms with Crippen LogP contribution in [0.5, 0.6) is 0 Å². The van der Waals surface area contributed by atoms with Crippen LogP contribution in [0.1, 0.15) is 4.88 Å². The van der Waals surface area contributed by atoms with Gasteiger partial charge in [-0.3, -0.25) is 4.72 Å². The maximum atomic E-state index is 12.7. The zero-order valence-electron chi connectivity index (χ0n) is 11.3. The van der Waals surface area contributed by atoms with Crippen molar-refractivity contribution in [3.05, 3.63) is 46.0 Å². The minimum atomic E-state index is -3.59. The Kier molecular flexibility index (Phi) is 3.99. The summed E-state index contributed by atoms with van der Waals surface area (Å²) in [5, 5.41) is 7.44. The summed E-state index contributed by atoms with van der Waals surface area (Å²) >= 11 is 2.97. The number of hydrogen-bond acceptors (Lipinski definition) is 5. The van der Waals surface area contributed by atoms with Gasteiger partial charge in [0.05, 0.1) is 5.69 Å². The fourth-order valence-electron chi connectivity index (χ4n) is 2.17. The molecule has 0 bridgehead atoms. The number of benzene rings is 1. The highest BCUT2D eigenvalue weighted by molar-refractivity contribution is 7.93. The molecule has 3 aromatic rings. The predicted molar refractivity (Wildman–Crippen MR) is 89.7 cm³/mol. The second-order valence-electron chi connectivity index (χ2n) is 4.50. The Balaban J connectivity index is 2.15. The van der Waals surface area contributed by atoms with E-state index in [-0.39, 0.29) is 0 Å². The first-order chi connectivity index (χ1) is 10.1. The minimum Gasteiger partial charge on any atom is -0.315 e. The lowest BCUT2D eigenvalue weighted by molar-refractivity contribution is 0.601. The van der Waals surface area contributed by atoms with Crippen LogP contribution >= 0.6 is 22.7 Å². The van der Waals surface area contributed by atoms with Crippen LogP contribution in [0.2, 0.25) is 0 Å². The van der Waals surface area contributed by atoms with Gasteiger partial charge >= 0.3 is 0 Å². The van der Waals surface area contributed by atoms with E-state index >= 15 is 0 Å². The van der Waals surface area contributed by atoms with E-state index in [1.54, 1.807) is 11.4 Å². The van der Waals surface area contributed by atoms with Gasteiger partial charge in [0.15, 0.2) is 0 Å². The molecule has 0 aliphatic carbocycles. The molecular formula is C14H14N2O2S3. The van der Waals surface area contributed by atoms with Gasteiger partial charge in [0, 0.05) is 26.9 Å². The van der Waals surface area contributed by atoms with Gasteiger partial charge in [-0.05, 0) is 24.6 Å². The molecule has 4 nitrogen and oxygen atoms in total. The van der Waals surface area contributed by atoms with Gasteiger partial charge in [0.25, 0.3) is 10.0 Å². The summed E-state index contributed by atoms with van der Waals surface area (Å²) < 4.78 is 29.1. The molecule has 1 aromatic carbocycles. The maximum absolute atomic E-state index is 12.7. The zero-order valence-corrected chi connectivity index (χ0v) is 13.7. The molecule has 0 aliphatic rings. The lowest BCUT2D eigenvalue weighted by atomic mass is 10.2. The number of rotatable bonds is 5. The maximum Gasteiger partial charge on any atom is 0.263 e. The molecule has 110 valence electrons. The molecule has 7 heteroatoms. The summed E-state index contributed by atoms with van der Waals surface area (Å²) in [5.41, 5.74) is 0.602. The van der Waals surface area contributed by atoms with E-state index < -0.39 is 10.0 Å². The quantitative estimate of drug-likeness (QED) is 0.749. The Morgan fingerprint density at radius 3 is 2.71 bits per heavy atom. The first-order valence-corrected chi connectivity index (χ1v) is 9.56. The largest absolute Gasteiger partial charge is 0.315 e. The van der Waals surface area contributed by atoms with Crippen molar-refractivity contribution in [2.24, 2.45) is 0 Å². The Morgan fingerprint density at radius 1 is 1.19 bits per heavy atom. The first kappa shape index (κ1) is 14.5. The molecule has 0 saturated carbocycles. The molecule has 2 heterocycles. The molecule has 2 N–H and O–H groups in total. The molecule has 0 aliphatic heterocycles. The van der Waals surface area contributed by atoms with Crippen LogP contribution in [0.15, 0.2) is 46.0 Å². The van der Waals surface area contributed by atoms with Crippen LogP contribution in [-0.4, -0.2) is 15.5 Å². The minimum absolute atomic E-state index is 0.378. The molecule has 0 saturated heterocycles. The van der Waals surface area contributed by atoms with Gasteiger partial charge in [-0.2, -0.15) is 11.3 Å². The summed E-state index contributed by atoms with van der Waals surface area (Å²) in [6, 6.07) is 9.34. The number of nitrogens with one attached hydrogen (secondary N) is 2. The standard InChI is InChI=1S/C14H14N2O2S3/c1-15-8-13-14(11-4-2-3-5-12(11)20-13)21(17,18)16-10-6-7-19-9-10/h2-7,9,15-16H,8H2,1H3. The van der Waals surface area contributed by atoms with Crippen molar-refractivity contribution in [3.8, 4) is 0 Å². The molecule has 0 amide bonds. The molecular weight excluding hydrogens is 324 g/mol. The van der Waals surface area contributed by atoms with E-state index in [9.17, 15) is 8.42 Å². The normalized spacial score (nSPS) is 11.9. The van der Waals surface area contributed by atoms with E-state index in [0.717, 1.165) is 15.0 Å². The Bertz CT molecular complexity index is 852. The second kappa shape index (κ2) is 5.76. The van der Waals surface area contributed by atoms with Gasteiger partial charge in [0.2, 0.25) is 0 Å². The summed E-state index contributed by atoms with van der Waals surface area (Å²) in [6.07, 6.45) is 0. The van der Waals surface area contributed by atoms with Crippen LogP contribution in [-0.2, 0) is 16.6 Å². The molecule has 0 unspecified atom stereocenters. The van der Waals surface area contributed by atoms with Crippen molar-refractivity contribution in [2.45, 2.75) is 11.4 Å². The molecule has 0 fully saturated rings. The summed E-state index contributed by atoms with van der Waals surface area (Å²) in [4.78, 5) is 1.20. The van der Waals surface area contributed by atoms with Crippen LogP contribution in [0.4, 0.5) is 5.69 Å². The van der Waals surface area contributed by atoms with Crippen molar-refractivity contribution < 1.29 is 8.42 Å². The van der Waals surface area contributed by atoms with Crippen molar-refractivity contribution in [2.75, 3.05) is 11.8 Å². The average Bonchev–Trinajstić information content (AvgIpc) is 3.05. The molecule has 0 spiro atoms. The number of thiophene rings is 2. The molecule has 0 radical (unpaired) electrons. The van der Waals surface area contributed by atoms with Gasteiger partial charge in [0.1, 0.15) is 4.90 Å². The highest BCUT2D eigenvalue weighted by Crippen LogP contribution is 2.35. The lowest BCUT2D eigenvalue weighted by Gasteiger charge is -2.08. The van der Waals surface area contributed by atoms with E-state index in [4.69, 9.17) is 0 Å². The third-order valence-electron chi connectivity index (χ3n) is 3.00. The van der Waals surface area contributed by atoms with Gasteiger partial charge in [-0.1, -0.05) is 18.2 Å². The predicted octanol–water partition coefficient (Wildman–Crippen LogP) is 3.48. The Morgan fingerprint density at radius 2 is 2.00 bits per heavy atom. The van der Waals surface area contributed by atoms with Gasteiger partial charge < -0.3 is 5.32 Å². The Hall–Kier alpha value is -1.41. The smallest absolute Gasteiger partial charge is 0.263 e. The Labute approximate surface area is 131 Å². The first-order valence-electron chi connectivity index (χ1n) is 6.32. The fourth-order valence-corrected chi connectivity index (χ4v) is 5.84. The van der Waals surface area contributed by atoms with Gasteiger partial charge in [-0.15, -0.1) is 11.3 Å². The van der Waals surface area contributed by atoms with E-state index in [2.05, 4.69) is 10.0 Å². The van der Waals surface area contributed by atoms with Crippen LogP contribution in [0.25, 0.3) is 10.1 Å². The summed E-state index contributed by atoms with van der Waals surface area (Å²) in [7, 11) is -1.78. The topological polar surface area (TPSA) is 58.2 Å². The summed E-state index contributed by atoms with van der Waals surface area (Å²) in [5.74, 6) is 0. The summed E-state index contributed by atoms with van der Waals surface area (Å²) in [6.45, 7) is 0.527. The molecule has 2 aromatic heterocycles. The highest BCUT2D eigenvalue weighted by Gasteiger charge is 2.24. The third-order valence-corrected chi connectivity index (χ3v) is 6.49. The van der Waals surface area contributed by atoms with Crippen molar-refractivity contribution in [1.29, 1.82) is 0 Å². The van der Waals surface area contributed by atoms with Crippen molar-refractivity contribution in [1.82, 2.24) is 5.32 Å². The third kappa shape index (κ3) is 2.82. The van der Waals surface area contributed by atoms with Crippen molar-refractivity contribution >= 4 is 48.5 Å². The van der Waals surface area contributed by atoms with E-state index in [1.165, 1.54) is 22.7 Å². The molecule has 0 atom stereocenters. The number of fused-ring (bicyclic) bond motifs is 1. The highest BCUT2D eigenvalue weighted by atomic mass is 32.2.